The van der Waals surface area contributed by atoms with E-state index in [1.165, 1.54) is 30.8 Å². The molecule has 1 atom stereocenters. The van der Waals surface area contributed by atoms with E-state index in [9.17, 15) is 0 Å². The maximum atomic E-state index is 5.88. The van der Waals surface area contributed by atoms with E-state index >= 15 is 0 Å². The SMILES string of the molecule is CC1(C)CNC(CC2CCSCC2)OC1. The molecule has 2 saturated heterocycles. The zero-order chi connectivity index (χ0) is 10.7. The van der Waals surface area contributed by atoms with E-state index in [0.717, 1.165) is 19.1 Å². The van der Waals surface area contributed by atoms with Gasteiger partial charge in [0.25, 0.3) is 0 Å². The van der Waals surface area contributed by atoms with Gasteiger partial charge in [-0.25, -0.2) is 0 Å². The summed E-state index contributed by atoms with van der Waals surface area (Å²) in [5.41, 5.74) is 0.318. The van der Waals surface area contributed by atoms with Gasteiger partial charge in [-0.1, -0.05) is 13.8 Å². The van der Waals surface area contributed by atoms with Crippen LogP contribution in [0.5, 0.6) is 0 Å². The second-order valence-corrected chi connectivity index (χ2v) is 6.86. The van der Waals surface area contributed by atoms with Gasteiger partial charge in [0.2, 0.25) is 0 Å². The fourth-order valence-corrected chi connectivity index (χ4v) is 3.47. The van der Waals surface area contributed by atoms with Gasteiger partial charge in [-0.15, -0.1) is 0 Å². The minimum atomic E-state index is 0.318. The summed E-state index contributed by atoms with van der Waals surface area (Å²) < 4.78 is 5.88. The van der Waals surface area contributed by atoms with Gasteiger partial charge >= 0.3 is 0 Å². The Hall–Kier alpha value is 0.270. The van der Waals surface area contributed by atoms with Crippen LogP contribution in [-0.4, -0.2) is 30.9 Å². The summed E-state index contributed by atoms with van der Waals surface area (Å²) in [5, 5.41) is 3.53. The molecular weight excluding hydrogens is 206 g/mol. The van der Waals surface area contributed by atoms with Crippen molar-refractivity contribution in [1.82, 2.24) is 5.32 Å². The number of hydrogen-bond acceptors (Lipinski definition) is 3. The molecule has 88 valence electrons. The summed E-state index contributed by atoms with van der Waals surface area (Å²) in [6, 6.07) is 0. The quantitative estimate of drug-likeness (QED) is 0.786. The fourth-order valence-electron chi connectivity index (χ4n) is 2.26. The lowest BCUT2D eigenvalue weighted by atomic mass is 9.92. The van der Waals surface area contributed by atoms with Crippen LogP contribution in [0.25, 0.3) is 0 Å². The number of thioether (sulfide) groups is 1. The minimum Gasteiger partial charge on any atom is -0.363 e. The molecular formula is C12H23NOS. The van der Waals surface area contributed by atoms with Gasteiger partial charge in [-0.05, 0) is 36.7 Å². The van der Waals surface area contributed by atoms with Gasteiger partial charge in [0.05, 0.1) is 6.61 Å². The molecule has 2 rings (SSSR count). The van der Waals surface area contributed by atoms with Crippen LogP contribution in [0.3, 0.4) is 0 Å². The Kier molecular flexibility index (Phi) is 3.97. The normalized spacial score (nSPS) is 32.8. The molecule has 0 amide bonds. The molecule has 0 saturated carbocycles. The highest BCUT2D eigenvalue weighted by atomic mass is 32.2. The first-order chi connectivity index (χ1) is 7.16. The van der Waals surface area contributed by atoms with Crippen molar-refractivity contribution in [3.05, 3.63) is 0 Å². The van der Waals surface area contributed by atoms with Crippen LogP contribution in [0.4, 0.5) is 0 Å². The summed E-state index contributed by atoms with van der Waals surface area (Å²) in [7, 11) is 0. The number of nitrogens with one attached hydrogen (secondary N) is 1. The highest BCUT2D eigenvalue weighted by Crippen LogP contribution is 2.28. The molecule has 1 unspecified atom stereocenters. The second kappa shape index (κ2) is 5.07. The molecule has 0 aromatic carbocycles. The summed E-state index contributed by atoms with van der Waals surface area (Å²) in [6.45, 7) is 6.52. The molecule has 0 radical (unpaired) electrons. The smallest absolute Gasteiger partial charge is 0.108 e. The van der Waals surface area contributed by atoms with Crippen molar-refractivity contribution in [2.24, 2.45) is 11.3 Å². The fraction of sp³-hybridized carbons (Fsp3) is 1.00. The minimum absolute atomic E-state index is 0.318. The van der Waals surface area contributed by atoms with E-state index in [0.29, 0.717) is 11.6 Å². The van der Waals surface area contributed by atoms with Crippen LogP contribution in [0.1, 0.15) is 33.1 Å². The van der Waals surface area contributed by atoms with Gasteiger partial charge in [-0.2, -0.15) is 11.8 Å². The Bertz CT molecular complexity index is 192. The Balaban J connectivity index is 1.71. The molecule has 0 aromatic heterocycles. The molecule has 0 bridgehead atoms. The van der Waals surface area contributed by atoms with Crippen molar-refractivity contribution in [2.75, 3.05) is 24.7 Å². The highest BCUT2D eigenvalue weighted by molar-refractivity contribution is 7.99. The third-order valence-electron chi connectivity index (χ3n) is 3.37. The zero-order valence-electron chi connectivity index (χ0n) is 9.92. The lowest BCUT2D eigenvalue weighted by Gasteiger charge is -2.37. The molecule has 2 heterocycles. The maximum Gasteiger partial charge on any atom is 0.108 e. The van der Waals surface area contributed by atoms with E-state index in [-0.39, 0.29) is 0 Å². The van der Waals surface area contributed by atoms with Crippen LogP contribution in [0.2, 0.25) is 0 Å². The lowest BCUT2D eigenvalue weighted by Crippen LogP contribution is -2.48. The van der Waals surface area contributed by atoms with Gasteiger partial charge < -0.3 is 4.74 Å². The second-order valence-electron chi connectivity index (χ2n) is 5.64. The predicted octanol–water partition coefficient (Wildman–Crippen LogP) is 2.49. The first kappa shape index (κ1) is 11.7. The summed E-state index contributed by atoms with van der Waals surface area (Å²) in [5.74, 6) is 3.59. The molecule has 0 aliphatic carbocycles. The Labute approximate surface area is 97.5 Å². The monoisotopic (exact) mass is 229 g/mol. The van der Waals surface area contributed by atoms with Gasteiger partial charge in [-0.3, -0.25) is 5.32 Å². The third kappa shape index (κ3) is 3.65. The molecule has 2 aliphatic rings. The standard InChI is InChI=1S/C12H23NOS/c1-12(2)8-13-11(14-9-12)7-10-3-5-15-6-4-10/h10-11,13H,3-9H2,1-2H3. The van der Waals surface area contributed by atoms with Crippen LogP contribution in [0, 0.1) is 11.3 Å². The lowest BCUT2D eigenvalue weighted by molar-refractivity contribution is -0.0676. The summed E-state index contributed by atoms with van der Waals surface area (Å²) in [6.07, 6.45) is 4.31. The molecule has 2 aliphatic heterocycles. The number of hydrogen-bond donors (Lipinski definition) is 1. The molecule has 2 fully saturated rings. The van der Waals surface area contributed by atoms with Gasteiger partial charge in [0.1, 0.15) is 6.23 Å². The topological polar surface area (TPSA) is 21.3 Å². The Morgan fingerprint density at radius 2 is 2.07 bits per heavy atom. The van der Waals surface area contributed by atoms with Crippen molar-refractivity contribution < 1.29 is 4.74 Å². The van der Waals surface area contributed by atoms with Crippen molar-refractivity contribution in [1.29, 1.82) is 0 Å². The Morgan fingerprint density at radius 3 is 2.67 bits per heavy atom. The third-order valence-corrected chi connectivity index (χ3v) is 4.42. The van der Waals surface area contributed by atoms with Crippen molar-refractivity contribution in [3.8, 4) is 0 Å². The molecule has 0 aromatic rings. The van der Waals surface area contributed by atoms with E-state index in [2.05, 4.69) is 30.9 Å². The average Bonchev–Trinajstić information content (AvgIpc) is 2.23. The first-order valence-corrected chi connectivity index (χ1v) is 7.24. The van der Waals surface area contributed by atoms with Crippen LogP contribution < -0.4 is 5.32 Å². The van der Waals surface area contributed by atoms with Crippen molar-refractivity contribution >= 4 is 11.8 Å². The van der Waals surface area contributed by atoms with Crippen molar-refractivity contribution in [2.45, 2.75) is 39.3 Å². The largest absolute Gasteiger partial charge is 0.363 e. The van der Waals surface area contributed by atoms with E-state index < -0.39 is 0 Å². The Morgan fingerprint density at radius 1 is 1.33 bits per heavy atom. The van der Waals surface area contributed by atoms with E-state index in [1.54, 1.807) is 0 Å². The first-order valence-electron chi connectivity index (χ1n) is 6.08. The summed E-state index contributed by atoms with van der Waals surface area (Å²) >= 11 is 2.10. The van der Waals surface area contributed by atoms with Crippen LogP contribution in [-0.2, 0) is 4.74 Å². The van der Waals surface area contributed by atoms with E-state index in [4.69, 9.17) is 4.74 Å². The number of rotatable bonds is 2. The number of ether oxygens (including phenoxy) is 1. The highest BCUT2D eigenvalue weighted by Gasteiger charge is 2.28. The molecule has 0 spiro atoms. The molecule has 2 nitrogen and oxygen atoms in total. The molecule has 3 heteroatoms. The van der Waals surface area contributed by atoms with Gasteiger partial charge in [0.15, 0.2) is 0 Å². The van der Waals surface area contributed by atoms with Crippen LogP contribution in [0.15, 0.2) is 0 Å². The van der Waals surface area contributed by atoms with Crippen molar-refractivity contribution in [3.63, 3.8) is 0 Å². The molecule has 1 N–H and O–H groups in total. The average molecular weight is 229 g/mol. The van der Waals surface area contributed by atoms with Gasteiger partial charge in [0, 0.05) is 12.0 Å². The maximum absolute atomic E-state index is 5.88. The van der Waals surface area contributed by atoms with Crippen LogP contribution >= 0.6 is 11.8 Å². The predicted molar refractivity (Wildman–Crippen MR) is 66.2 cm³/mol. The summed E-state index contributed by atoms with van der Waals surface area (Å²) in [4.78, 5) is 0. The molecule has 15 heavy (non-hydrogen) atoms. The zero-order valence-corrected chi connectivity index (χ0v) is 10.7. The van der Waals surface area contributed by atoms with E-state index in [1.807, 2.05) is 0 Å².